The zero-order valence-corrected chi connectivity index (χ0v) is 10.2. The Kier molecular flexibility index (Phi) is 3.79. The van der Waals surface area contributed by atoms with Crippen LogP contribution in [0, 0.1) is 0 Å². The largest absolute Gasteiger partial charge is 0.391 e. The summed E-state index contributed by atoms with van der Waals surface area (Å²) in [5, 5.41) is 9.48. The van der Waals surface area contributed by atoms with E-state index in [1.165, 1.54) is 0 Å². The normalized spacial score (nSPS) is 21.5. The molecule has 1 heterocycles. The van der Waals surface area contributed by atoms with Gasteiger partial charge in [-0.15, -0.1) is 0 Å². The fourth-order valence-electron chi connectivity index (χ4n) is 2.40. The minimum absolute atomic E-state index is 0.0681. The summed E-state index contributed by atoms with van der Waals surface area (Å²) in [5.74, 6) is 0.0803. The summed E-state index contributed by atoms with van der Waals surface area (Å²) in [6.07, 6.45) is 1.17. The second kappa shape index (κ2) is 5.32. The molecule has 0 unspecified atom stereocenters. The summed E-state index contributed by atoms with van der Waals surface area (Å²) in [6.45, 7) is 3.20. The summed E-state index contributed by atoms with van der Waals surface area (Å²) in [4.78, 5) is 14.1. The van der Waals surface area contributed by atoms with E-state index in [1.807, 2.05) is 37.3 Å². The van der Waals surface area contributed by atoms with Crippen molar-refractivity contribution >= 4 is 5.91 Å². The van der Waals surface area contributed by atoms with Crippen molar-refractivity contribution in [3.05, 3.63) is 35.9 Å². The SMILES string of the molecule is CC[C@@H](C(=O)N1CC[C@@H](O)C1)c1ccccc1. The maximum absolute atomic E-state index is 12.3. The summed E-state index contributed by atoms with van der Waals surface area (Å²) >= 11 is 0. The van der Waals surface area contributed by atoms with E-state index in [1.54, 1.807) is 4.90 Å². The van der Waals surface area contributed by atoms with Crippen molar-refractivity contribution < 1.29 is 9.90 Å². The minimum Gasteiger partial charge on any atom is -0.391 e. The second-order valence-corrected chi connectivity index (χ2v) is 4.60. The fraction of sp³-hybridized carbons (Fsp3) is 0.500. The van der Waals surface area contributed by atoms with Gasteiger partial charge in [0.05, 0.1) is 12.0 Å². The zero-order valence-electron chi connectivity index (χ0n) is 10.2. The molecule has 1 saturated heterocycles. The zero-order chi connectivity index (χ0) is 12.3. The molecule has 1 fully saturated rings. The lowest BCUT2D eigenvalue weighted by atomic mass is 9.95. The molecule has 1 aliphatic rings. The van der Waals surface area contributed by atoms with Gasteiger partial charge in [-0.05, 0) is 18.4 Å². The highest BCUT2D eigenvalue weighted by Crippen LogP contribution is 2.24. The van der Waals surface area contributed by atoms with Crippen LogP contribution in [0.5, 0.6) is 0 Å². The van der Waals surface area contributed by atoms with Gasteiger partial charge in [0, 0.05) is 13.1 Å². The van der Waals surface area contributed by atoms with E-state index in [0.29, 0.717) is 19.5 Å². The topological polar surface area (TPSA) is 40.5 Å². The molecule has 3 nitrogen and oxygen atoms in total. The molecule has 2 atom stereocenters. The van der Waals surface area contributed by atoms with Crippen LogP contribution in [0.3, 0.4) is 0 Å². The van der Waals surface area contributed by atoms with Crippen LogP contribution in [0.25, 0.3) is 0 Å². The lowest BCUT2D eigenvalue weighted by Gasteiger charge is -2.22. The van der Waals surface area contributed by atoms with Crippen molar-refractivity contribution in [2.24, 2.45) is 0 Å². The Morgan fingerprint density at radius 1 is 1.47 bits per heavy atom. The number of benzene rings is 1. The van der Waals surface area contributed by atoms with E-state index in [-0.39, 0.29) is 17.9 Å². The standard InChI is InChI=1S/C14H19NO2/c1-2-13(11-6-4-3-5-7-11)14(17)15-9-8-12(16)10-15/h3-7,12-13,16H,2,8-10H2,1H3/t12-,13-/m1/s1. The van der Waals surface area contributed by atoms with Gasteiger partial charge in [-0.25, -0.2) is 0 Å². The third-order valence-corrected chi connectivity index (χ3v) is 3.38. The number of likely N-dealkylation sites (tertiary alicyclic amines) is 1. The Labute approximate surface area is 102 Å². The molecule has 0 spiro atoms. The second-order valence-electron chi connectivity index (χ2n) is 4.60. The van der Waals surface area contributed by atoms with Gasteiger partial charge < -0.3 is 10.0 Å². The predicted octanol–water partition coefficient (Wildman–Crippen LogP) is 1.77. The van der Waals surface area contributed by atoms with Crippen molar-refractivity contribution in [1.82, 2.24) is 4.90 Å². The number of aliphatic hydroxyl groups excluding tert-OH is 1. The molecule has 0 aromatic heterocycles. The first-order chi connectivity index (χ1) is 8.22. The van der Waals surface area contributed by atoms with Gasteiger partial charge in [-0.1, -0.05) is 37.3 Å². The summed E-state index contributed by atoms with van der Waals surface area (Å²) in [5.41, 5.74) is 1.07. The molecule has 0 radical (unpaired) electrons. The highest BCUT2D eigenvalue weighted by molar-refractivity contribution is 5.84. The Hall–Kier alpha value is -1.35. The third-order valence-electron chi connectivity index (χ3n) is 3.38. The van der Waals surface area contributed by atoms with E-state index in [0.717, 1.165) is 12.0 Å². The molecule has 0 aliphatic carbocycles. The van der Waals surface area contributed by atoms with E-state index >= 15 is 0 Å². The molecule has 0 saturated carbocycles. The van der Waals surface area contributed by atoms with Crippen LogP contribution in [0.15, 0.2) is 30.3 Å². The van der Waals surface area contributed by atoms with Crippen LogP contribution < -0.4 is 0 Å². The number of aliphatic hydroxyl groups is 1. The Bertz CT molecular complexity index is 377. The van der Waals surface area contributed by atoms with Crippen molar-refractivity contribution in [2.45, 2.75) is 31.8 Å². The highest BCUT2D eigenvalue weighted by atomic mass is 16.3. The number of nitrogens with zero attached hydrogens (tertiary/aromatic N) is 1. The molecule has 0 bridgehead atoms. The van der Waals surface area contributed by atoms with Crippen LogP contribution in [0.1, 0.15) is 31.2 Å². The van der Waals surface area contributed by atoms with Gasteiger partial charge in [0.25, 0.3) is 0 Å². The first kappa shape index (κ1) is 12.1. The number of hydrogen-bond acceptors (Lipinski definition) is 2. The molecule has 3 heteroatoms. The van der Waals surface area contributed by atoms with Crippen LogP contribution >= 0.6 is 0 Å². The third kappa shape index (κ3) is 2.67. The first-order valence-electron chi connectivity index (χ1n) is 6.24. The number of rotatable bonds is 3. The molecule has 1 aromatic carbocycles. The molecular formula is C14H19NO2. The lowest BCUT2D eigenvalue weighted by molar-refractivity contribution is -0.132. The average Bonchev–Trinajstić information content (AvgIpc) is 2.78. The van der Waals surface area contributed by atoms with Crippen molar-refractivity contribution in [1.29, 1.82) is 0 Å². The van der Waals surface area contributed by atoms with Crippen LogP contribution in [-0.2, 0) is 4.79 Å². The lowest BCUT2D eigenvalue weighted by Crippen LogP contribution is -2.33. The molecule has 17 heavy (non-hydrogen) atoms. The molecular weight excluding hydrogens is 214 g/mol. The minimum atomic E-state index is -0.341. The van der Waals surface area contributed by atoms with Crippen molar-refractivity contribution in [3.8, 4) is 0 Å². The number of carbonyl (C=O) groups excluding carboxylic acids is 1. The maximum Gasteiger partial charge on any atom is 0.230 e. The quantitative estimate of drug-likeness (QED) is 0.864. The Balaban J connectivity index is 2.11. The van der Waals surface area contributed by atoms with Crippen molar-refractivity contribution in [2.75, 3.05) is 13.1 Å². The number of hydrogen-bond donors (Lipinski definition) is 1. The van der Waals surface area contributed by atoms with E-state index in [2.05, 4.69) is 0 Å². The predicted molar refractivity (Wildman–Crippen MR) is 66.7 cm³/mol. The average molecular weight is 233 g/mol. The van der Waals surface area contributed by atoms with Gasteiger partial charge in [0.2, 0.25) is 5.91 Å². The molecule has 1 amide bonds. The molecule has 1 aliphatic heterocycles. The molecule has 1 aromatic rings. The molecule has 2 rings (SSSR count). The Morgan fingerprint density at radius 3 is 2.71 bits per heavy atom. The maximum atomic E-state index is 12.3. The van der Waals surface area contributed by atoms with E-state index < -0.39 is 0 Å². The number of amides is 1. The van der Waals surface area contributed by atoms with Crippen LogP contribution in [-0.4, -0.2) is 35.1 Å². The van der Waals surface area contributed by atoms with Gasteiger partial charge >= 0.3 is 0 Å². The van der Waals surface area contributed by atoms with Crippen LogP contribution in [0.4, 0.5) is 0 Å². The van der Waals surface area contributed by atoms with Gasteiger partial charge in [-0.2, -0.15) is 0 Å². The smallest absolute Gasteiger partial charge is 0.230 e. The van der Waals surface area contributed by atoms with E-state index in [9.17, 15) is 9.90 Å². The highest BCUT2D eigenvalue weighted by Gasteiger charge is 2.29. The molecule has 92 valence electrons. The van der Waals surface area contributed by atoms with Crippen molar-refractivity contribution in [3.63, 3.8) is 0 Å². The monoisotopic (exact) mass is 233 g/mol. The van der Waals surface area contributed by atoms with Gasteiger partial charge in [0.15, 0.2) is 0 Å². The Morgan fingerprint density at radius 2 is 2.18 bits per heavy atom. The summed E-state index contributed by atoms with van der Waals surface area (Å²) in [7, 11) is 0. The van der Waals surface area contributed by atoms with E-state index in [4.69, 9.17) is 0 Å². The first-order valence-corrected chi connectivity index (χ1v) is 6.24. The molecule has 1 N–H and O–H groups in total. The van der Waals surface area contributed by atoms with Crippen LogP contribution in [0.2, 0.25) is 0 Å². The fourth-order valence-corrected chi connectivity index (χ4v) is 2.40. The summed E-state index contributed by atoms with van der Waals surface area (Å²) < 4.78 is 0. The van der Waals surface area contributed by atoms with Gasteiger partial charge in [-0.3, -0.25) is 4.79 Å². The summed E-state index contributed by atoms with van der Waals surface area (Å²) in [6, 6.07) is 9.88. The number of carbonyl (C=O) groups is 1. The number of β-amino-alcohol motifs (C(OH)–C–C–N with tert-alkyl or cyclic N) is 1. The van der Waals surface area contributed by atoms with Gasteiger partial charge in [0.1, 0.15) is 0 Å².